The van der Waals surface area contributed by atoms with Crippen molar-refractivity contribution in [3.05, 3.63) is 17.5 Å². The van der Waals surface area contributed by atoms with E-state index in [0.29, 0.717) is 6.04 Å². The number of hydrogen-bond donors (Lipinski definition) is 1. The summed E-state index contributed by atoms with van der Waals surface area (Å²) in [5, 5.41) is 13.1. The van der Waals surface area contributed by atoms with Crippen molar-refractivity contribution in [3.8, 4) is 0 Å². The molecule has 0 amide bonds. The van der Waals surface area contributed by atoms with Gasteiger partial charge >= 0.3 is 0 Å². The van der Waals surface area contributed by atoms with Gasteiger partial charge in [-0.1, -0.05) is 0 Å². The minimum absolute atomic E-state index is 0.219. The highest BCUT2D eigenvalue weighted by molar-refractivity contribution is 5.17. The first kappa shape index (κ1) is 7.80. The second kappa shape index (κ2) is 2.90. The van der Waals surface area contributed by atoms with Crippen LogP contribution >= 0.6 is 0 Å². The molecule has 1 aliphatic rings. The Morgan fingerprint density at radius 3 is 3.00 bits per heavy atom. The lowest BCUT2D eigenvalue weighted by molar-refractivity contribution is 0.299. The van der Waals surface area contributed by atoms with Crippen LogP contribution in [0.15, 0.2) is 6.20 Å². The van der Waals surface area contributed by atoms with Crippen molar-refractivity contribution in [2.45, 2.75) is 32.2 Å². The van der Waals surface area contributed by atoms with Crippen LogP contribution in [0.25, 0.3) is 0 Å². The van der Waals surface area contributed by atoms with E-state index < -0.39 is 0 Å². The van der Waals surface area contributed by atoms with Gasteiger partial charge in [-0.2, -0.15) is 5.10 Å². The average molecular weight is 166 g/mol. The van der Waals surface area contributed by atoms with Crippen molar-refractivity contribution in [3.63, 3.8) is 0 Å². The molecule has 1 fully saturated rings. The molecule has 0 radical (unpaired) electrons. The van der Waals surface area contributed by atoms with Crippen LogP contribution in [0.1, 0.15) is 30.1 Å². The molecule has 1 saturated carbocycles. The molecular formula is C9H14N2O. The van der Waals surface area contributed by atoms with Crippen LogP contribution in [0.5, 0.6) is 0 Å². The summed E-state index contributed by atoms with van der Waals surface area (Å²) >= 11 is 0. The lowest BCUT2D eigenvalue weighted by atomic mass is 10.2. The van der Waals surface area contributed by atoms with Crippen LogP contribution in [0.4, 0.5) is 0 Å². The Kier molecular flexibility index (Phi) is 1.89. The topological polar surface area (TPSA) is 38.1 Å². The summed E-state index contributed by atoms with van der Waals surface area (Å²) in [6.45, 7) is 2.30. The Bertz CT molecular complexity index is 276. The summed E-state index contributed by atoms with van der Waals surface area (Å²) < 4.78 is 2.09. The van der Waals surface area contributed by atoms with E-state index in [1.165, 1.54) is 24.1 Å². The minimum atomic E-state index is 0.219. The fourth-order valence-corrected chi connectivity index (χ4v) is 1.51. The molecule has 3 nitrogen and oxygen atoms in total. The van der Waals surface area contributed by atoms with Crippen molar-refractivity contribution in [1.29, 1.82) is 0 Å². The molecule has 0 spiro atoms. The summed E-state index contributed by atoms with van der Waals surface area (Å²) in [5.41, 5.74) is 2.41. The Hall–Kier alpha value is -0.830. The molecule has 2 rings (SSSR count). The lowest BCUT2D eigenvalue weighted by Crippen LogP contribution is -2.00. The molecule has 12 heavy (non-hydrogen) atoms. The first-order chi connectivity index (χ1) is 5.83. The van der Waals surface area contributed by atoms with Gasteiger partial charge in [0.05, 0.1) is 12.2 Å². The third-order valence-corrected chi connectivity index (χ3v) is 2.42. The van der Waals surface area contributed by atoms with E-state index in [4.69, 9.17) is 5.11 Å². The summed E-state index contributed by atoms with van der Waals surface area (Å²) in [6.07, 6.45) is 5.14. The van der Waals surface area contributed by atoms with Crippen LogP contribution < -0.4 is 0 Å². The first-order valence-corrected chi connectivity index (χ1v) is 4.46. The average Bonchev–Trinajstić information content (AvgIpc) is 2.82. The molecule has 0 aliphatic heterocycles. The van der Waals surface area contributed by atoms with Gasteiger partial charge in [-0.3, -0.25) is 4.68 Å². The Morgan fingerprint density at radius 1 is 1.67 bits per heavy atom. The second-order valence-electron chi connectivity index (χ2n) is 3.40. The highest BCUT2D eigenvalue weighted by Crippen LogP contribution is 2.35. The van der Waals surface area contributed by atoms with Gasteiger partial charge < -0.3 is 5.11 Å². The van der Waals surface area contributed by atoms with E-state index in [9.17, 15) is 0 Å². The quantitative estimate of drug-likeness (QED) is 0.729. The van der Waals surface area contributed by atoms with Gasteiger partial charge in [0.2, 0.25) is 0 Å². The molecule has 66 valence electrons. The number of hydrogen-bond acceptors (Lipinski definition) is 2. The predicted molar refractivity (Wildman–Crippen MR) is 46.0 cm³/mol. The van der Waals surface area contributed by atoms with Crippen LogP contribution in [-0.2, 0) is 6.42 Å². The maximum Gasteiger partial charge on any atom is 0.0525 e. The number of aliphatic hydroxyl groups is 1. The fourth-order valence-electron chi connectivity index (χ4n) is 1.51. The normalized spacial score (nSPS) is 16.8. The zero-order chi connectivity index (χ0) is 8.55. The molecule has 1 aromatic rings. The van der Waals surface area contributed by atoms with E-state index in [2.05, 4.69) is 16.7 Å². The van der Waals surface area contributed by atoms with E-state index in [-0.39, 0.29) is 6.61 Å². The van der Waals surface area contributed by atoms with Gasteiger partial charge in [0.25, 0.3) is 0 Å². The fraction of sp³-hybridized carbons (Fsp3) is 0.667. The Balaban J connectivity index is 2.21. The summed E-state index contributed by atoms with van der Waals surface area (Å²) in [4.78, 5) is 0. The third kappa shape index (κ3) is 1.25. The van der Waals surface area contributed by atoms with Gasteiger partial charge in [-0.15, -0.1) is 0 Å². The van der Waals surface area contributed by atoms with Crippen molar-refractivity contribution in [2.75, 3.05) is 6.61 Å². The van der Waals surface area contributed by atoms with Crippen molar-refractivity contribution < 1.29 is 5.11 Å². The van der Waals surface area contributed by atoms with E-state index in [1.807, 2.05) is 6.20 Å². The van der Waals surface area contributed by atoms with Gasteiger partial charge in [-0.05, 0) is 31.7 Å². The minimum Gasteiger partial charge on any atom is -0.396 e. The molecule has 0 saturated heterocycles. The smallest absolute Gasteiger partial charge is 0.0525 e. The second-order valence-corrected chi connectivity index (χ2v) is 3.40. The highest BCUT2D eigenvalue weighted by Gasteiger charge is 2.26. The standard InChI is InChI=1S/C9H14N2O/c1-7-8(4-5-12)6-10-11(7)9-2-3-9/h6,9,12H,2-5H2,1H3. The van der Waals surface area contributed by atoms with E-state index >= 15 is 0 Å². The van der Waals surface area contributed by atoms with Gasteiger partial charge in [-0.25, -0.2) is 0 Å². The SMILES string of the molecule is Cc1c(CCO)cnn1C1CC1. The van der Waals surface area contributed by atoms with Crippen molar-refractivity contribution in [2.24, 2.45) is 0 Å². The van der Waals surface area contributed by atoms with Crippen molar-refractivity contribution in [1.82, 2.24) is 9.78 Å². The maximum absolute atomic E-state index is 8.77. The number of aliphatic hydroxyl groups excluding tert-OH is 1. The summed E-state index contributed by atoms with van der Waals surface area (Å²) in [6, 6.07) is 0.650. The van der Waals surface area contributed by atoms with Crippen molar-refractivity contribution >= 4 is 0 Å². The predicted octanol–water partition coefficient (Wildman–Crippen LogP) is 1.06. The summed E-state index contributed by atoms with van der Waals surface area (Å²) in [7, 11) is 0. The molecule has 0 atom stereocenters. The number of aromatic nitrogens is 2. The molecule has 1 aliphatic carbocycles. The monoisotopic (exact) mass is 166 g/mol. The highest BCUT2D eigenvalue weighted by atomic mass is 16.2. The zero-order valence-corrected chi connectivity index (χ0v) is 7.32. The molecule has 0 unspecified atom stereocenters. The van der Waals surface area contributed by atoms with Crippen LogP contribution in [0.2, 0.25) is 0 Å². The molecule has 3 heteroatoms. The molecule has 0 bridgehead atoms. The Morgan fingerprint density at radius 2 is 2.42 bits per heavy atom. The largest absolute Gasteiger partial charge is 0.396 e. The van der Waals surface area contributed by atoms with Crippen LogP contribution in [0.3, 0.4) is 0 Å². The third-order valence-electron chi connectivity index (χ3n) is 2.42. The number of rotatable bonds is 3. The van der Waals surface area contributed by atoms with E-state index in [0.717, 1.165) is 6.42 Å². The molecular weight excluding hydrogens is 152 g/mol. The summed E-state index contributed by atoms with van der Waals surface area (Å²) in [5.74, 6) is 0. The molecule has 0 aromatic carbocycles. The first-order valence-electron chi connectivity index (χ1n) is 4.46. The molecule has 1 aromatic heterocycles. The van der Waals surface area contributed by atoms with Gasteiger partial charge in [0.15, 0.2) is 0 Å². The van der Waals surface area contributed by atoms with Crippen LogP contribution in [-0.4, -0.2) is 21.5 Å². The number of nitrogens with zero attached hydrogens (tertiary/aromatic N) is 2. The maximum atomic E-state index is 8.77. The lowest BCUT2D eigenvalue weighted by Gasteiger charge is -2.01. The van der Waals surface area contributed by atoms with Gasteiger partial charge in [0.1, 0.15) is 0 Å². The Labute approximate surface area is 72.0 Å². The van der Waals surface area contributed by atoms with Crippen LogP contribution in [0, 0.1) is 6.92 Å². The zero-order valence-electron chi connectivity index (χ0n) is 7.32. The van der Waals surface area contributed by atoms with E-state index in [1.54, 1.807) is 0 Å². The molecule has 1 heterocycles. The van der Waals surface area contributed by atoms with Gasteiger partial charge in [0, 0.05) is 12.3 Å². The molecule has 1 N–H and O–H groups in total.